The smallest absolute Gasteiger partial charge is 0.202 e. The third kappa shape index (κ3) is 3.31. The maximum Gasteiger partial charge on any atom is 0.202 e. The predicted molar refractivity (Wildman–Crippen MR) is 144 cm³/mol. The Morgan fingerprint density at radius 3 is 2.81 bits per heavy atom. The third-order valence-corrected chi connectivity index (χ3v) is 8.87. The maximum atomic E-state index is 6.74. The molecule has 3 atom stereocenters. The van der Waals surface area contributed by atoms with Gasteiger partial charge in [-0.2, -0.15) is 10.2 Å². The maximum absolute atomic E-state index is 6.74. The molecule has 1 aliphatic heterocycles. The van der Waals surface area contributed by atoms with E-state index in [2.05, 4.69) is 63.3 Å². The van der Waals surface area contributed by atoms with Crippen LogP contribution in [-0.4, -0.2) is 48.0 Å². The van der Waals surface area contributed by atoms with Gasteiger partial charge in [0, 0.05) is 42.7 Å². The molecule has 5 heterocycles. The summed E-state index contributed by atoms with van der Waals surface area (Å²) in [4.78, 5) is 16.5. The van der Waals surface area contributed by atoms with Crippen LogP contribution in [0, 0.1) is 18.8 Å². The number of nitrogens with one attached hydrogen (secondary N) is 1. The van der Waals surface area contributed by atoms with Crippen molar-refractivity contribution in [3.8, 4) is 17.1 Å². The molecule has 0 radical (unpaired) electrons. The van der Waals surface area contributed by atoms with E-state index < -0.39 is 0 Å². The highest BCUT2D eigenvalue weighted by Crippen LogP contribution is 2.66. The highest BCUT2D eigenvalue weighted by molar-refractivity contribution is 6.35. The van der Waals surface area contributed by atoms with Crippen LogP contribution in [0.15, 0.2) is 61.2 Å². The van der Waals surface area contributed by atoms with E-state index in [1.54, 1.807) is 17.1 Å². The SMILES string of the molecule is CC[C@]1(c2ccccc2C)C2CCN(c3cnc4c(-c5ccnc(-n6cccn6)c5Cl)[nH]nc4n3)CC21. The van der Waals surface area contributed by atoms with Crippen LogP contribution in [0.2, 0.25) is 5.02 Å². The highest BCUT2D eigenvalue weighted by atomic mass is 35.5. The summed E-state index contributed by atoms with van der Waals surface area (Å²) in [6, 6.07) is 12.6. The molecule has 186 valence electrons. The standard InChI is InChI=1S/C28H27ClN8/c1-3-28(19-8-5-4-7-17(19)2)20-10-14-36(16-21(20)28)22-15-31-25-24(34-35-26(25)33-22)18-9-12-30-27(23(18)29)37-13-6-11-32-37/h4-9,11-13,15,20-21H,3,10,14,16H2,1-2H3,(H,33,34,35)/t20?,21?,28-/m0/s1. The Morgan fingerprint density at radius 1 is 1.11 bits per heavy atom. The minimum Gasteiger partial charge on any atom is -0.355 e. The monoisotopic (exact) mass is 510 g/mol. The van der Waals surface area contributed by atoms with Crippen molar-refractivity contribution in [1.82, 2.24) is 34.9 Å². The predicted octanol–water partition coefficient (Wildman–Crippen LogP) is 5.37. The van der Waals surface area contributed by atoms with E-state index >= 15 is 0 Å². The number of nitrogens with zero attached hydrogens (tertiary/aromatic N) is 7. The third-order valence-electron chi connectivity index (χ3n) is 8.50. The van der Waals surface area contributed by atoms with Gasteiger partial charge in [0.15, 0.2) is 5.82 Å². The molecular weight excluding hydrogens is 484 g/mol. The average Bonchev–Trinajstić information content (AvgIpc) is 3.26. The van der Waals surface area contributed by atoms with Crippen LogP contribution in [0.5, 0.6) is 0 Å². The molecule has 5 aromatic rings. The molecular formula is C28H27ClN8. The van der Waals surface area contributed by atoms with Gasteiger partial charge in [-0.05, 0) is 54.9 Å². The van der Waals surface area contributed by atoms with E-state index in [0.29, 0.717) is 27.9 Å². The van der Waals surface area contributed by atoms with Gasteiger partial charge in [-0.1, -0.05) is 42.8 Å². The lowest BCUT2D eigenvalue weighted by Crippen LogP contribution is -2.32. The van der Waals surface area contributed by atoms with E-state index in [-0.39, 0.29) is 5.41 Å². The second kappa shape index (κ2) is 8.38. The molecule has 37 heavy (non-hydrogen) atoms. The van der Waals surface area contributed by atoms with Crippen LogP contribution < -0.4 is 4.90 Å². The molecule has 1 saturated heterocycles. The fourth-order valence-corrected chi connectivity index (χ4v) is 6.99. The number of fused-ring (bicyclic) bond motifs is 2. The summed E-state index contributed by atoms with van der Waals surface area (Å²) in [7, 11) is 0. The number of anilines is 1. The molecule has 0 spiro atoms. The zero-order valence-electron chi connectivity index (χ0n) is 20.8. The number of halogens is 1. The van der Waals surface area contributed by atoms with E-state index in [0.717, 1.165) is 36.1 Å². The molecule has 2 unspecified atom stereocenters. The van der Waals surface area contributed by atoms with Crippen molar-refractivity contribution in [2.75, 3.05) is 18.0 Å². The Balaban J connectivity index is 1.19. The van der Waals surface area contributed by atoms with Gasteiger partial charge >= 0.3 is 0 Å². The van der Waals surface area contributed by atoms with Gasteiger partial charge in [0.05, 0.1) is 16.9 Å². The number of aromatic amines is 1. The van der Waals surface area contributed by atoms with Crippen molar-refractivity contribution in [2.45, 2.75) is 32.1 Å². The molecule has 7 rings (SSSR count). The van der Waals surface area contributed by atoms with Crippen molar-refractivity contribution in [3.63, 3.8) is 0 Å². The van der Waals surface area contributed by atoms with E-state index in [1.807, 2.05) is 24.5 Å². The van der Waals surface area contributed by atoms with Gasteiger partial charge < -0.3 is 4.90 Å². The zero-order chi connectivity index (χ0) is 25.1. The molecule has 8 nitrogen and oxygen atoms in total. The van der Waals surface area contributed by atoms with Gasteiger partial charge in [-0.15, -0.1) is 0 Å². The van der Waals surface area contributed by atoms with Gasteiger partial charge in [0.1, 0.15) is 11.3 Å². The zero-order valence-corrected chi connectivity index (χ0v) is 21.5. The van der Waals surface area contributed by atoms with Crippen LogP contribution in [0.4, 0.5) is 5.82 Å². The fourth-order valence-electron chi connectivity index (χ4n) is 6.70. The first-order valence-electron chi connectivity index (χ1n) is 12.8. The van der Waals surface area contributed by atoms with E-state index in [1.165, 1.54) is 24.0 Å². The molecule has 2 fully saturated rings. The second-order valence-electron chi connectivity index (χ2n) is 10.1. The molecule has 1 aromatic carbocycles. The van der Waals surface area contributed by atoms with Crippen LogP contribution in [0.25, 0.3) is 28.2 Å². The summed E-state index contributed by atoms with van der Waals surface area (Å²) < 4.78 is 1.64. The normalized spacial score (nSPS) is 22.8. The minimum atomic E-state index is 0.279. The quantitative estimate of drug-likeness (QED) is 0.342. The number of aromatic nitrogens is 7. The van der Waals surface area contributed by atoms with Crippen LogP contribution in [0.3, 0.4) is 0 Å². The number of benzene rings is 1. The molecule has 9 heteroatoms. The second-order valence-corrected chi connectivity index (χ2v) is 10.5. The first-order valence-corrected chi connectivity index (χ1v) is 13.2. The van der Waals surface area contributed by atoms with Crippen LogP contribution >= 0.6 is 11.6 Å². The van der Waals surface area contributed by atoms with E-state index in [9.17, 15) is 0 Å². The molecule has 1 saturated carbocycles. The highest BCUT2D eigenvalue weighted by Gasteiger charge is 2.65. The lowest BCUT2D eigenvalue weighted by atomic mass is 9.85. The number of hydrogen-bond acceptors (Lipinski definition) is 6. The first kappa shape index (κ1) is 22.4. The molecule has 0 amide bonds. The Labute approximate surface area is 219 Å². The van der Waals surface area contributed by atoms with Crippen molar-refractivity contribution in [3.05, 3.63) is 77.3 Å². The Bertz CT molecular complexity index is 1610. The Kier molecular flexibility index (Phi) is 5.08. The molecule has 1 N–H and O–H groups in total. The summed E-state index contributed by atoms with van der Waals surface area (Å²) in [5, 5.41) is 12.3. The van der Waals surface area contributed by atoms with Crippen molar-refractivity contribution in [1.29, 1.82) is 0 Å². The van der Waals surface area contributed by atoms with Crippen LogP contribution in [0.1, 0.15) is 30.9 Å². The fraction of sp³-hybridized carbons (Fsp3) is 0.321. The molecule has 2 aliphatic rings. The average molecular weight is 511 g/mol. The first-order chi connectivity index (χ1) is 18.1. The van der Waals surface area contributed by atoms with Gasteiger partial charge in [-0.3, -0.25) is 5.10 Å². The largest absolute Gasteiger partial charge is 0.355 e. The number of H-pyrrole nitrogens is 1. The van der Waals surface area contributed by atoms with Crippen LogP contribution in [-0.2, 0) is 5.41 Å². The van der Waals surface area contributed by atoms with Gasteiger partial charge in [0.25, 0.3) is 0 Å². The lowest BCUT2D eigenvalue weighted by molar-refractivity contribution is 0.543. The topological polar surface area (TPSA) is 88.4 Å². The Hall–Kier alpha value is -3.78. The van der Waals surface area contributed by atoms with E-state index in [4.69, 9.17) is 21.6 Å². The summed E-state index contributed by atoms with van der Waals surface area (Å²) in [5.41, 5.74) is 5.96. The Morgan fingerprint density at radius 2 is 2.00 bits per heavy atom. The van der Waals surface area contributed by atoms with Crippen molar-refractivity contribution >= 4 is 28.6 Å². The summed E-state index contributed by atoms with van der Waals surface area (Å²) in [6.45, 7) is 6.56. The number of pyridine rings is 1. The number of piperidine rings is 1. The lowest BCUT2D eigenvalue weighted by Gasteiger charge is -2.26. The number of aryl methyl sites for hydroxylation is 1. The summed E-state index contributed by atoms with van der Waals surface area (Å²) in [5.74, 6) is 2.80. The number of rotatable bonds is 5. The van der Waals surface area contributed by atoms with Crippen molar-refractivity contribution in [2.24, 2.45) is 11.8 Å². The summed E-state index contributed by atoms with van der Waals surface area (Å²) in [6.07, 6.45) is 9.42. The minimum absolute atomic E-state index is 0.279. The van der Waals surface area contributed by atoms with Crippen molar-refractivity contribution < 1.29 is 0 Å². The molecule has 4 aromatic heterocycles. The number of hydrogen-bond donors (Lipinski definition) is 1. The molecule has 0 bridgehead atoms. The summed E-state index contributed by atoms with van der Waals surface area (Å²) >= 11 is 6.74. The van der Waals surface area contributed by atoms with Gasteiger partial charge in [0.2, 0.25) is 5.65 Å². The van der Waals surface area contributed by atoms with Gasteiger partial charge in [-0.25, -0.2) is 19.6 Å². The molecule has 1 aliphatic carbocycles.